The zero-order chi connectivity index (χ0) is 12.9. The molecule has 1 rings (SSSR count). The first-order valence-corrected chi connectivity index (χ1v) is 8.20. The van der Waals surface area contributed by atoms with Gasteiger partial charge in [-0.25, -0.2) is 0 Å². The number of hydrogen-bond donors (Lipinski definition) is 1. The molecule has 0 aliphatic rings. The van der Waals surface area contributed by atoms with Gasteiger partial charge in [0.25, 0.3) is 0 Å². The number of benzene rings is 1. The van der Waals surface area contributed by atoms with Crippen LogP contribution >= 0.6 is 47.8 Å². The molecular formula is C12H14Br3NO. The van der Waals surface area contributed by atoms with E-state index in [-0.39, 0.29) is 11.4 Å². The van der Waals surface area contributed by atoms with Crippen LogP contribution in [0.25, 0.3) is 0 Å². The molecule has 0 aliphatic carbocycles. The van der Waals surface area contributed by atoms with Crippen LogP contribution in [0, 0.1) is 0 Å². The molecule has 2 nitrogen and oxygen atoms in total. The molecule has 1 amide bonds. The Labute approximate surface area is 127 Å². The Hall–Kier alpha value is 0.130. The van der Waals surface area contributed by atoms with E-state index in [9.17, 15) is 4.79 Å². The van der Waals surface area contributed by atoms with E-state index in [1.54, 1.807) is 0 Å². The fourth-order valence-electron chi connectivity index (χ4n) is 1.32. The lowest BCUT2D eigenvalue weighted by Crippen LogP contribution is -2.49. The summed E-state index contributed by atoms with van der Waals surface area (Å²) in [6, 6.07) is 7.78. The lowest BCUT2D eigenvalue weighted by molar-refractivity contribution is -0.121. The highest BCUT2D eigenvalue weighted by atomic mass is 79.9. The number of alkyl halides is 2. The van der Waals surface area contributed by atoms with Gasteiger partial charge in [0.1, 0.15) is 0 Å². The van der Waals surface area contributed by atoms with E-state index in [4.69, 9.17) is 0 Å². The molecule has 1 aromatic carbocycles. The molecule has 1 aromatic rings. The van der Waals surface area contributed by atoms with Gasteiger partial charge < -0.3 is 5.32 Å². The second kappa shape index (κ2) is 6.90. The molecule has 0 saturated heterocycles. The molecule has 0 saturated carbocycles. The summed E-state index contributed by atoms with van der Waals surface area (Å²) in [4.78, 5) is 11.9. The van der Waals surface area contributed by atoms with Gasteiger partial charge in [0.2, 0.25) is 5.91 Å². The molecule has 0 bridgehead atoms. The summed E-state index contributed by atoms with van der Waals surface area (Å²) in [6.45, 7) is 2.00. The Morgan fingerprint density at radius 2 is 2.00 bits per heavy atom. The van der Waals surface area contributed by atoms with Crippen LogP contribution in [0.2, 0.25) is 0 Å². The van der Waals surface area contributed by atoms with Crippen LogP contribution in [0.4, 0.5) is 0 Å². The van der Waals surface area contributed by atoms with Crippen molar-refractivity contribution >= 4 is 53.7 Å². The van der Waals surface area contributed by atoms with Crippen LogP contribution < -0.4 is 5.32 Å². The van der Waals surface area contributed by atoms with Gasteiger partial charge in [0, 0.05) is 15.1 Å². The molecule has 0 spiro atoms. The highest BCUT2D eigenvalue weighted by Gasteiger charge is 2.23. The summed E-state index contributed by atoms with van der Waals surface area (Å²) in [7, 11) is 0. The summed E-state index contributed by atoms with van der Waals surface area (Å²) in [6.07, 6.45) is 0.398. The zero-order valence-electron chi connectivity index (χ0n) is 9.47. The summed E-state index contributed by atoms with van der Waals surface area (Å²) in [5.41, 5.74) is 0.756. The number of halogens is 3. The summed E-state index contributed by atoms with van der Waals surface area (Å²) >= 11 is 10.2. The van der Waals surface area contributed by atoms with Crippen LogP contribution in [-0.4, -0.2) is 22.1 Å². The molecule has 0 unspecified atom stereocenters. The van der Waals surface area contributed by atoms with Gasteiger partial charge in [-0.05, 0) is 24.6 Å². The van der Waals surface area contributed by atoms with Gasteiger partial charge in [-0.15, -0.1) is 0 Å². The van der Waals surface area contributed by atoms with E-state index in [2.05, 4.69) is 53.1 Å². The van der Waals surface area contributed by atoms with Crippen molar-refractivity contribution in [2.75, 3.05) is 10.7 Å². The van der Waals surface area contributed by atoms with Crippen molar-refractivity contribution in [2.24, 2.45) is 0 Å². The third kappa shape index (κ3) is 5.10. The molecule has 1 N–H and O–H groups in total. The van der Waals surface area contributed by atoms with Crippen LogP contribution in [0.15, 0.2) is 28.7 Å². The van der Waals surface area contributed by atoms with Crippen molar-refractivity contribution in [3.05, 3.63) is 34.3 Å². The second-order valence-electron chi connectivity index (χ2n) is 4.18. The summed E-state index contributed by atoms with van der Waals surface area (Å²) in [5, 5.41) is 4.45. The Bertz CT molecular complexity index is 391. The standard InChI is InChI=1S/C12H14Br3NO/c1-12(7-13,8-14)16-11(17)6-9-3-2-4-10(15)5-9/h2-5H,6-8H2,1H3,(H,16,17). The van der Waals surface area contributed by atoms with Gasteiger partial charge in [-0.2, -0.15) is 0 Å². The SMILES string of the molecule is CC(CBr)(CBr)NC(=O)Cc1cccc(Br)c1. The molecule has 0 aliphatic heterocycles. The maximum absolute atomic E-state index is 11.9. The molecule has 0 atom stereocenters. The van der Waals surface area contributed by atoms with Crippen molar-refractivity contribution < 1.29 is 4.79 Å². The van der Waals surface area contributed by atoms with E-state index in [0.29, 0.717) is 6.42 Å². The van der Waals surface area contributed by atoms with Crippen LogP contribution in [0.5, 0.6) is 0 Å². The minimum atomic E-state index is -0.247. The average molecular weight is 428 g/mol. The van der Waals surface area contributed by atoms with Gasteiger partial charge in [0.05, 0.1) is 12.0 Å². The van der Waals surface area contributed by atoms with E-state index < -0.39 is 0 Å². The van der Waals surface area contributed by atoms with E-state index in [0.717, 1.165) is 20.7 Å². The Balaban J connectivity index is 2.61. The number of amides is 1. The fraction of sp³-hybridized carbons (Fsp3) is 0.417. The third-order valence-electron chi connectivity index (χ3n) is 2.28. The van der Waals surface area contributed by atoms with Gasteiger partial charge in [0.15, 0.2) is 0 Å². The second-order valence-corrected chi connectivity index (χ2v) is 6.22. The van der Waals surface area contributed by atoms with Crippen molar-refractivity contribution in [1.82, 2.24) is 5.32 Å². The monoisotopic (exact) mass is 425 g/mol. The number of hydrogen-bond acceptors (Lipinski definition) is 1. The first-order valence-electron chi connectivity index (χ1n) is 5.16. The minimum Gasteiger partial charge on any atom is -0.349 e. The number of carbonyl (C=O) groups is 1. The normalized spacial score (nSPS) is 11.3. The van der Waals surface area contributed by atoms with Gasteiger partial charge in [-0.3, -0.25) is 4.79 Å². The highest BCUT2D eigenvalue weighted by Crippen LogP contribution is 2.14. The summed E-state index contributed by atoms with van der Waals surface area (Å²) < 4.78 is 0.992. The van der Waals surface area contributed by atoms with Crippen molar-refractivity contribution in [3.63, 3.8) is 0 Å². The van der Waals surface area contributed by atoms with E-state index >= 15 is 0 Å². The number of nitrogens with one attached hydrogen (secondary N) is 1. The van der Waals surface area contributed by atoms with Gasteiger partial charge >= 0.3 is 0 Å². The van der Waals surface area contributed by atoms with Crippen LogP contribution in [0.3, 0.4) is 0 Å². The minimum absolute atomic E-state index is 0.0319. The zero-order valence-corrected chi connectivity index (χ0v) is 14.2. The first kappa shape index (κ1) is 15.2. The van der Waals surface area contributed by atoms with Crippen molar-refractivity contribution in [1.29, 1.82) is 0 Å². The summed E-state index contributed by atoms with van der Waals surface area (Å²) in [5.74, 6) is 0.0319. The lowest BCUT2D eigenvalue weighted by Gasteiger charge is -2.26. The smallest absolute Gasteiger partial charge is 0.224 e. The lowest BCUT2D eigenvalue weighted by atomic mass is 10.1. The topological polar surface area (TPSA) is 29.1 Å². The molecule has 0 fully saturated rings. The highest BCUT2D eigenvalue weighted by molar-refractivity contribution is 9.10. The average Bonchev–Trinajstić information content (AvgIpc) is 2.28. The van der Waals surface area contributed by atoms with Crippen molar-refractivity contribution in [3.8, 4) is 0 Å². The molecule has 17 heavy (non-hydrogen) atoms. The molecule has 0 radical (unpaired) electrons. The molecule has 94 valence electrons. The van der Waals surface area contributed by atoms with E-state index in [1.165, 1.54) is 0 Å². The molecular weight excluding hydrogens is 414 g/mol. The Morgan fingerprint density at radius 1 is 1.35 bits per heavy atom. The molecule has 0 heterocycles. The number of carbonyl (C=O) groups excluding carboxylic acids is 1. The van der Waals surface area contributed by atoms with E-state index in [1.807, 2.05) is 31.2 Å². The Kier molecular flexibility index (Phi) is 6.17. The molecule has 0 aromatic heterocycles. The third-order valence-corrected chi connectivity index (χ3v) is 5.25. The fourth-order valence-corrected chi connectivity index (χ4v) is 2.97. The largest absolute Gasteiger partial charge is 0.349 e. The van der Waals surface area contributed by atoms with Crippen LogP contribution in [-0.2, 0) is 11.2 Å². The van der Waals surface area contributed by atoms with Crippen LogP contribution in [0.1, 0.15) is 12.5 Å². The first-order chi connectivity index (χ1) is 7.99. The van der Waals surface area contributed by atoms with Crippen molar-refractivity contribution in [2.45, 2.75) is 18.9 Å². The predicted molar refractivity (Wildman–Crippen MR) is 82.0 cm³/mol. The van der Waals surface area contributed by atoms with Gasteiger partial charge in [-0.1, -0.05) is 59.9 Å². The quantitative estimate of drug-likeness (QED) is 0.714. The maximum atomic E-state index is 11.9. The predicted octanol–water partition coefficient (Wildman–Crippen LogP) is 3.66. The Morgan fingerprint density at radius 3 is 2.53 bits per heavy atom. The molecule has 5 heteroatoms. The number of rotatable bonds is 5. The maximum Gasteiger partial charge on any atom is 0.224 e.